The van der Waals surface area contributed by atoms with Gasteiger partial charge < -0.3 is 10.1 Å². The Bertz CT molecular complexity index is 412. The fraction of sp³-hybridized carbons (Fsp3) is 0.462. The van der Waals surface area contributed by atoms with Crippen molar-refractivity contribution in [2.45, 2.75) is 25.4 Å². The maximum absolute atomic E-state index is 11.9. The number of para-hydroxylation sites is 2. The molecule has 0 amide bonds. The van der Waals surface area contributed by atoms with Crippen LogP contribution in [0, 0.1) is 5.92 Å². The van der Waals surface area contributed by atoms with Gasteiger partial charge in [-0.3, -0.25) is 4.79 Å². The summed E-state index contributed by atoms with van der Waals surface area (Å²) in [5.74, 6) is 1.67. The van der Waals surface area contributed by atoms with E-state index in [0.29, 0.717) is 18.9 Å². The van der Waals surface area contributed by atoms with Crippen molar-refractivity contribution in [1.29, 1.82) is 0 Å². The normalized spacial score (nSPS) is 22.9. The maximum Gasteiger partial charge on any atom is 0.175 e. The number of carbonyl (C=O) groups is 1. The van der Waals surface area contributed by atoms with Crippen LogP contribution in [-0.2, 0) is 4.79 Å². The van der Waals surface area contributed by atoms with E-state index in [1.165, 1.54) is 12.8 Å². The van der Waals surface area contributed by atoms with Gasteiger partial charge in [0.05, 0.1) is 12.2 Å². The highest BCUT2D eigenvalue weighted by Crippen LogP contribution is 2.34. The number of nitrogens with one attached hydrogen (secondary N) is 1. The van der Waals surface area contributed by atoms with Crippen LogP contribution in [0.3, 0.4) is 0 Å². The lowest BCUT2D eigenvalue weighted by Gasteiger charge is -2.26. The molecule has 1 heterocycles. The van der Waals surface area contributed by atoms with Gasteiger partial charge in [-0.2, -0.15) is 0 Å². The Morgan fingerprint density at radius 1 is 1.38 bits per heavy atom. The van der Waals surface area contributed by atoms with Gasteiger partial charge in [0, 0.05) is 6.42 Å². The quantitative estimate of drug-likeness (QED) is 0.843. The van der Waals surface area contributed by atoms with Crippen molar-refractivity contribution < 1.29 is 9.53 Å². The van der Waals surface area contributed by atoms with Crippen molar-refractivity contribution in [1.82, 2.24) is 0 Å². The number of benzene rings is 1. The van der Waals surface area contributed by atoms with Crippen molar-refractivity contribution in [2.75, 3.05) is 11.9 Å². The van der Waals surface area contributed by atoms with E-state index in [4.69, 9.17) is 4.74 Å². The number of rotatable bonds is 3. The Labute approximate surface area is 94.8 Å². The number of ketones is 1. The summed E-state index contributed by atoms with van der Waals surface area (Å²) in [5, 5.41) is 3.24. The minimum atomic E-state index is -0.296. The Kier molecular flexibility index (Phi) is 2.31. The van der Waals surface area contributed by atoms with Gasteiger partial charge >= 0.3 is 0 Å². The number of hydrogen-bond donors (Lipinski definition) is 1. The molecule has 1 saturated carbocycles. The van der Waals surface area contributed by atoms with E-state index in [0.717, 1.165) is 11.4 Å². The van der Waals surface area contributed by atoms with Gasteiger partial charge in [-0.1, -0.05) is 12.1 Å². The molecule has 1 aromatic carbocycles. The first-order valence-electron chi connectivity index (χ1n) is 5.85. The summed E-state index contributed by atoms with van der Waals surface area (Å²) >= 11 is 0. The molecule has 0 spiro atoms. The molecular weight excluding hydrogens is 202 g/mol. The fourth-order valence-electron chi connectivity index (χ4n) is 2.03. The van der Waals surface area contributed by atoms with E-state index in [1.807, 2.05) is 24.3 Å². The van der Waals surface area contributed by atoms with Crippen LogP contribution in [0.15, 0.2) is 24.3 Å². The van der Waals surface area contributed by atoms with Crippen molar-refractivity contribution in [3.05, 3.63) is 24.3 Å². The lowest BCUT2D eigenvalue weighted by molar-refractivity contribution is -0.125. The third-order valence-electron chi connectivity index (χ3n) is 3.18. The molecule has 1 N–H and O–H groups in total. The molecular formula is C13H15NO2. The van der Waals surface area contributed by atoms with Crippen LogP contribution < -0.4 is 10.1 Å². The molecule has 2 aliphatic rings. The fourth-order valence-corrected chi connectivity index (χ4v) is 2.03. The van der Waals surface area contributed by atoms with Gasteiger partial charge in [-0.05, 0) is 30.9 Å². The maximum atomic E-state index is 11.9. The molecule has 16 heavy (non-hydrogen) atoms. The van der Waals surface area contributed by atoms with Crippen molar-refractivity contribution in [3.63, 3.8) is 0 Å². The Morgan fingerprint density at radius 3 is 3.00 bits per heavy atom. The summed E-state index contributed by atoms with van der Waals surface area (Å²) in [6, 6.07) is 7.76. The van der Waals surface area contributed by atoms with Crippen LogP contribution in [0.2, 0.25) is 0 Å². The van der Waals surface area contributed by atoms with Crippen LogP contribution in [0.25, 0.3) is 0 Å². The number of hydrogen-bond acceptors (Lipinski definition) is 3. The monoisotopic (exact) mass is 217 g/mol. The van der Waals surface area contributed by atoms with Gasteiger partial charge in [0.1, 0.15) is 5.75 Å². The van der Waals surface area contributed by atoms with E-state index in [9.17, 15) is 4.79 Å². The highest BCUT2D eigenvalue weighted by molar-refractivity contribution is 5.85. The predicted molar refractivity (Wildman–Crippen MR) is 61.7 cm³/mol. The molecule has 1 aliphatic carbocycles. The molecule has 3 nitrogen and oxygen atoms in total. The van der Waals surface area contributed by atoms with Crippen LogP contribution in [0.5, 0.6) is 5.75 Å². The van der Waals surface area contributed by atoms with Crippen LogP contribution in [0.4, 0.5) is 5.69 Å². The van der Waals surface area contributed by atoms with Crippen LogP contribution >= 0.6 is 0 Å². The topological polar surface area (TPSA) is 38.3 Å². The molecule has 1 fully saturated rings. The number of carbonyl (C=O) groups excluding carboxylic acids is 1. The Hall–Kier alpha value is -1.51. The summed E-state index contributed by atoms with van der Waals surface area (Å²) < 4.78 is 5.71. The van der Waals surface area contributed by atoms with Crippen molar-refractivity contribution in [3.8, 4) is 5.75 Å². The molecule has 84 valence electrons. The average Bonchev–Trinajstić information content (AvgIpc) is 3.12. The van der Waals surface area contributed by atoms with Crippen LogP contribution in [0.1, 0.15) is 19.3 Å². The number of anilines is 1. The second-order valence-electron chi connectivity index (χ2n) is 4.60. The zero-order chi connectivity index (χ0) is 11.0. The van der Waals surface area contributed by atoms with Gasteiger partial charge in [-0.25, -0.2) is 0 Å². The Balaban J connectivity index is 1.69. The van der Waals surface area contributed by atoms with Crippen molar-refractivity contribution in [2.24, 2.45) is 5.92 Å². The molecule has 1 atom stereocenters. The van der Waals surface area contributed by atoms with Gasteiger partial charge in [0.15, 0.2) is 11.9 Å². The summed E-state index contributed by atoms with van der Waals surface area (Å²) in [4.78, 5) is 11.9. The average molecular weight is 217 g/mol. The first-order valence-corrected chi connectivity index (χ1v) is 5.85. The van der Waals surface area contributed by atoms with Crippen molar-refractivity contribution >= 4 is 11.5 Å². The molecule has 0 radical (unpaired) electrons. The molecule has 3 rings (SSSR count). The highest BCUT2D eigenvalue weighted by Gasteiger charge is 2.31. The van der Waals surface area contributed by atoms with E-state index >= 15 is 0 Å². The molecule has 1 unspecified atom stereocenters. The molecule has 3 heteroatoms. The minimum absolute atomic E-state index is 0.240. The lowest BCUT2D eigenvalue weighted by atomic mass is 10.1. The molecule has 0 bridgehead atoms. The Morgan fingerprint density at radius 2 is 2.19 bits per heavy atom. The second kappa shape index (κ2) is 3.81. The molecule has 0 saturated heterocycles. The highest BCUT2D eigenvalue weighted by atomic mass is 16.5. The minimum Gasteiger partial charge on any atom is -0.479 e. The first-order chi connectivity index (χ1) is 7.83. The molecule has 0 aromatic heterocycles. The second-order valence-corrected chi connectivity index (χ2v) is 4.60. The standard InChI is InChI=1S/C13H15NO2/c15-11(7-9-5-6-9)13-8-14-10-3-1-2-4-12(10)16-13/h1-4,9,13-14H,5-8H2. The van der Waals surface area contributed by atoms with Crippen LogP contribution in [-0.4, -0.2) is 18.4 Å². The summed E-state index contributed by atoms with van der Waals surface area (Å²) in [6.45, 7) is 0.600. The smallest absolute Gasteiger partial charge is 0.175 e. The molecule has 1 aromatic rings. The SMILES string of the molecule is O=C(CC1CC1)C1CNc2ccccc2O1. The first kappa shape index (κ1) is 9.70. The van der Waals surface area contributed by atoms with E-state index in [1.54, 1.807) is 0 Å². The van der Waals surface area contributed by atoms with E-state index < -0.39 is 0 Å². The third kappa shape index (κ3) is 1.90. The number of ether oxygens (including phenoxy) is 1. The zero-order valence-electron chi connectivity index (χ0n) is 9.11. The summed E-state index contributed by atoms with van der Waals surface area (Å²) in [5.41, 5.74) is 0.984. The zero-order valence-corrected chi connectivity index (χ0v) is 9.11. The molecule has 1 aliphatic heterocycles. The summed E-state index contributed by atoms with van der Waals surface area (Å²) in [6.07, 6.45) is 2.81. The third-order valence-corrected chi connectivity index (χ3v) is 3.18. The van der Waals surface area contributed by atoms with Gasteiger partial charge in [0.25, 0.3) is 0 Å². The lowest BCUT2D eigenvalue weighted by Crippen LogP contribution is -2.37. The van der Waals surface area contributed by atoms with E-state index in [-0.39, 0.29) is 11.9 Å². The largest absolute Gasteiger partial charge is 0.479 e. The van der Waals surface area contributed by atoms with Gasteiger partial charge in [0.2, 0.25) is 0 Å². The van der Waals surface area contributed by atoms with E-state index in [2.05, 4.69) is 5.32 Å². The van der Waals surface area contributed by atoms with Gasteiger partial charge in [-0.15, -0.1) is 0 Å². The number of fused-ring (bicyclic) bond motifs is 1. The predicted octanol–water partition coefficient (Wildman–Crippen LogP) is 2.23. The summed E-state index contributed by atoms with van der Waals surface area (Å²) in [7, 11) is 0. The number of Topliss-reactive ketones (excluding diaryl/α,β-unsaturated/α-hetero) is 1.